The summed E-state index contributed by atoms with van der Waals surface area (Å²) in [6.45, 7) is 4.42. The maximum Gasteiger partial charge on any atom is 0.349 e. The second-order valence-corrected chi connectivity index (χ2v) is 2.21. The van der Waals surface area contributed by atoms with Gasteiger partial charge in [-0.3, -0.25) is 4.57 Å². The summed E-state index contributed by atoms with van der Waals surface area (Å²) in [5, 5.41) is 0. The zero-order chi connectivity index (χ0) is 5.21. The molecule has 35 valence electrons. The van der Waals surface area contributed by atoms with Crippen molar-refractivity contribution in [2.75, 3.05) is 0 Å². The number of hydrogen-bond acceptors (Lipinski definition) is 1. The molecule has 6 heavy (non-hydrogen) atoms. The van der Waals surface area contributed by atoms with Gasteiger partial charge >= 0.3 is 7.60 Å². The molecule has 0 fully saturated rings. The average molecular weight is 107 g/mol. The molecule has 0 heterocycles. The molecule has 0 atom stereocenters. The summed E-state index contributed by atoms with van der Waals surface area (Å²) >= 11 is 0. The van der Waals surface area contributed by atoms with E-state index in [0.717, 1.165) is 0 Å². The first kappa shape index (κ1) is 5.89. The Morgan fingerprint density at radius 3 is 1.83 bits per heavy atom. The topological polar surface area (TPSA) is 57.5 Å². The van der Waals surface area contributed by atoms with Crippen LogP contribution < -0.4 is 0 Å². The Hall–Kier alpha value is -0.110. The van der Waals surface area contributed by atoms with E-state index in [1.165, 1.54) is 0 Å². The average Bonchev–Trinajstić information content (AvgIpc) is 1.35. The van der Waals surface area contributed by atoms with Crippen molar-refractivity contribution >= 4 is 7.60 Å². The minimum absolute atomic E-state index is 0.354. The molecular weight excluding hydrogens is 103 g/mol. The lowest BCUT2D eigenvalue weighted by molar-refractivity contribution is 0.386. The van der Waals surface area contributed by atoms with Crippen LogP contribution >= 0.6 is 7.60 Å². The minimum atomic E-state index is -3.99. The molecule has 0 aliphatic heterocycles. The van der Waals surface area contributed by atoms with Gasteiger partial charge in [0.25, 0.3) is 0 Å². The van der Waals surface area contributed by atoms with Crippen molar-refractivity contribution < 1.29 is 14.4 Å². The summed E-state index contributed by atoms with van der Waals surface area (Å²) in [5.41, 5.74) is 0. The summed E-state index contributed by atoms with van der Waals surface area (Å²) in [6.07, 6.45) is 0. The van der Waals surface area contributed by atoms with E-state index in [9.17, 15) is 4.57 Å². The molecule has 3 nitrogen and oxygen atoms in total. The Morgan fingerprint density at radius 1 is 1.67 bits per heavy atom. The van der Waals surface area contributed by atoms with Crippen LogP contribution in [0.1, 0.15) is 0 Å². The van der Waals surface area contributed by atoms with Gasteiger partial charge < -0.3 is 9.79 Å². The van der Waals surface area contributed by atoms with Gasteiger partial charge in [-0.25, -0.2) is 0 Å². The highest BCUT2D eigenvalue weighted by Gasteiger charge is 2.01. The largest absolute Gasteiger partial charge is 0.349 e. The van der Waals surface area contributed by atoms with Crippen molar-refractivity contribution in [2.24, 2.45) is 0 Å². The van der Waals surface area contributed by atoms with Crippen molar-refractivity contribution in [2.45, 2.75) is 0 Å². The van der Waals surface area contributed by atoms with Gasteiger partial charge in [0.05, 0.1) is 0 Å². The van der Waals surface area contributed by atoms with Crippen LogP contribution in [0.25, 0.3) is 0 Å². The second-order valence-electron chi connectivity index (χ2n) is 0.738. The van der Waals surface area contributed by atoms with Crippen LogP contribution in [-0.2, 0) is 4.57 Å². The van der Waals surface area contributed by atoms with E-state index in [1.54, 1.807) is 0 Å². The van der Waals surface area contributed by atoms with E-state index in [1.807, 2.05) is 0 Å². The van der Waals surface area contributed by atoms with Gasteiger partial charge in [0, 0.05) is 5.82 Å². The Labute approximate surface area is 35.5 Å². The van der Waals surface area contributed by atoms with E-state index < -0.39 is 7.60 Å². The quantitative estimate of drug-likeness (QED) is 0.467. The van der Waals surface area contributed by atoms with Crippen molar-refractivity contribution in [1.82, 2.24) is 0 Å². The van der Waals surface area contributed by atoms with Crippen LogP contribution in [0.3, 0.4) is 0 Å². The standard InChI is InChI=1S/C2H4O3P/c1-2-6(3,4)5/h1-2H,(H2,3,4,5). The molecule has 2 N–H and O–H groups in total. The van der Waals surface area contributed by atoms with E-state index in [0.29, 0.717) is 5.82 Å². The number of hydrogen-bond donors (Lipinski definition) is 2. The van der Waals surface area contributed by atoms with Crippen LogP contribution in [0.4, 0.5) is 0 Å². The highest BCUT2D eigenvalue weighted by Crippen LogP contribution is 2.34. The molecule has 0 aliphatic rings. The molecular formula is C2H4O3P. The Morgan fingerprint density at radius 2 is 1.83 bits per heavy atom. The van der Waals surface area contributed by atoms with Crippen molar-refractivity contribution in [3.63, 3.8) is 0 Å². The van der Waals surface area contributed by atoms with Crippen LogP contribution in [0.5, 0.6) is 0 Å². The normalized spacial score (nSPS) is 11.0. The van der Waals surface area contributed by atoms with Gasteiger partial charge in [0.15, 0.2) is 0 Å². The Bertz CT molecular complexity index is 91.0. The van der Waals surface area contributed by atoms with Gasteiger partial charge in [0.1, 0.15) is 0 Å². The van der Waals surface area contributed by atoms with Crippen molar-refractivity contribution in [3.05, 3.63) is 12.4 Å². The monoisotopic (exact) mass is 107 g/mol. The Balaban J connectivity index is 3.81. The molecule has 1 radical (unpaired) electrons. The maximum atomic E-state index is 9.51. The fraction of sp³-hybridized carbons (Fsp3) is 0. The molecule has 0 rings (SSSR count). The van der Waals surface area contributed by atoms with Gasteiger partial charge in [-0.15, -0.1) is 0 Å². The smallest absolute Gasteiger partial charge is 0.321 e. The second kappa shape index (κ2) is 1.56. The molecule has 0 aromatic rings. The summed E-state index contributed by atoms with van der Waals surface area (Å²) < 4.78 is 9.51. The molecule has 0 aliphatic carbocycles. The molecule has 0 aromatic heterocycles. The highest BCUT2D eigenvalue weighted by atomic mass is 31.2. The van der Waals surface area contributed by atoms with E-state index >= 15 is 0 Å². The highest BCUT2D eigenvalue weighted by molar-refractivity contribution is 7.55. The van der Waals surface area contributed by atoms with E-state index in [-0.39, 0.29) is 0 Å². The zero-order valence-electron chi connectivity index (χ0n) is 2.90. The van der Waals surface area contributed by atoms with Crippen LogP contribution in [-0.4, -0.2) is 9.79 Å². The van der Waals surface area contributed by atoms with Gasteiger partial charge in [-0.05, 0) is 0 Å². The lowest BCUT2D eigenvalue weighted by atomic mass is 11.3. The molecule has 0 amide bonds. The SMILES string of the molecule is [CH]=CP(=O)(O)O. The molecule has 0 unspecified atom stereocenters. The molecule has 0 bridgehead atoms. The Kier molecular flexibility index (Phi) is 1.53. The maximum absolute atomic E-state index is 9.51. The van der Waals surface area contributed by atoms with E-state index in [2.05, 4.69) is 6.58 Å². The van der Waals surface area contributed by atoms with Crippen molar-refractivity contribution in [1.29, 1.82) is 0 Å². The third-order valence-corrected chi connectivity index (χ3v) is 0.583. The lowest BCUT2D eigenvalue weighted by Crippen LogP contribution is -1.63. The first-order chi connectivity index (χ1) is 2.56. The fourth-order valence-electron chi connectivity index (χ4n) is 0. The molecule has 0 saturated heterocycles. The molecule has 0 saturated carbocycles. The van der Waals surface area contributed by atoms with Crippen LogP contribution in [0, 0.1) is 6.58 Å². The summed E-state index contributed by atoms with van der Waals surface area (Å²) in [5.74, 6) is 0.354. The summed E-state index contributed by atoms with van der Waals surface area (Å²) in [6, 6.07) is 0. The number of rotatable bonds is 1. The molecule has 4 heteroatoms. The predicted molar refractivity (Wildman–Crippen MR) is 20.9 cm³/mol. The van der Waals surface area contributed by atoms with E-state index in [4.69, 9.17) is 9.79 Å². The zero-order valence-corrected chi connectivity index (χ0v) is 3.80. The molecule has 0 aromatic carbocycles. The van der Waals surface area contributed by atoms with Gasteiger partial charge in [-0.1, -0.05) is 6.58 Å². The van der Waals surface area contributed by atoms with Gasteiger partial charge in [0.2, 0.25) is 0 Å². The van der Waals surface area contributed by atoms with Crippen molar-refractivity contribution in [3.8, 4) is 0 Å². The lowest BCUT2D eigenvalue weighted by Gasteiger charge is -1.87. The minimum Gasteiger partial charge on any atom is -0.321 e. The summed E-state index contributed by atoms with van der Waals surface area (Å²) in [7, 11) is -3.99. The predicted octanol–water partition coefficient (Wildman–Crippen LogP) is 0.111. The van der Waals surface area contributed by atoms with Gasteiger partial charge in [-0.2, -0.15) is 0 Å². The first-order valence-corrected chi connectivity index (χ1v) is 2.86. The first-order valence-electron chi connectivity index (χ1n) is 1.17. The van der Waals surface area contributed by atoms with Crippen LogP contribution in [0.15, 0.2) is 5.82 Å². The fourth-order valence-corrected chi connectivity index (χ4v) is 0. The van der Waals surface area contributed by atoms with Crippen LogP contribution in [0.2, 0.25) is 0 Å². The summed E-state index contributed by atoms with van der Waals surface area (Å²) in [4.78, 5) is 15.5. The molecule has 0 spiro atoms. The third kappa shape index (κ3) is 3.89. The third-order valence-electron chi connectivity index (χ3n) is 0.194.